The SMILES string of the molecule is C#CC(=O)N1[C@@H](CCCC)Cc2c([nH]c3ccccc23)[C@@H]1c1ccc(C(=O)NC23CC4CC(CC(C4)C2)C3)cc1. The number of amides is 2. The van der Waals surface area contributed by atoms with E-state index in [0.29, 0.717) is 5.56 Å². The van der Waals surface area contributed by atoms with Crippen LogP contribution in [0.2, 0.25) is 0 Å². The molecule has 4 aliphatic carbocycles. The molecule has 1 aliphatic heterocycles. The van der Waals surface area contributed by atoms with Crippen molar-refractivity contribution in [3.05, 3.63) is 70.9 Å². The van der Waals surface area contributed by atoms with Crippen LogP contribution in [-0.2, 0) is 11.2 Å². The minimum Gasteiger partial charge on any atom is -0.356 e. The number of unbranched alkanes of at least 4 members (excludes halogenated alkanes) is 1. The third-order valence-corrected chi connectivity index (χ3v) is 10.4. The molecule has 2 amide bonds. The first kappa shape index (κ1) is 25.4. The van der Waals surface area contributed by atoms with E-state index in [1.54, 1.807) is 0 Å². The summed E-state index contributed by atoms with van der Waals surface area (Å²) in [4.78, 5) is 32.3. The van der Waals surface area contributed by atoms with E-state index in [1.807, 2.05) is 35.2 Å². The summed E-state index contributed by atoms with van der Waals surface area (Å²) in [5.41, 5.74) is 5.02. The van der Waals surface area contributed by atoms with Gasteiger partial charge in [0.1, 0.15) is 0 Å². The van der Waals surface area contributed by atoms with Crippen molar-refractivity contribution in [1.29, 1.82) is 0 Å². The topological polar surface area (TPSA) is 65.2 Å². The molecule has 1 aromatic heterocycles. The molecule has 5 nitrogen and oxygen atoms in total. The summed E-state index contributed by atoms with van der Waals surface area (Å²) in [5, 5.41) is 4.71. The van der Waals surface area contributed by atoms with Gasteiger partial charge in [-0.15, -0.1) is 6.42 Å². The predicted molar refractivity (Wildman–Crippen MR) is 158 cm³/mol. The molecule has 5 heteroatoms. The zero-order chi connectivity index (χ0) is 27.4. The summed E-state index contributed by atoms with van der Waals surface area (Å²) < 4.78 is 0. The fraction of sp³-hybridized carbons (Fsp3) is 0.486. The normalized spacial score (nSPS) is 30.2. The monoisotopic (exact) mass is 533 g/mol. The van der Waals surface area contributed by atoms with E-state index < -0.39 is 0 Å². The van der Waals surface area contributed by atoms with Crippen molar-refractivity contribution in [2.45, 2.75) is 88.8 Å². The van der Waals surface area contributed by atoms with Crippen LogP contribution in [0.5, 0.6) is 0 Å². The Morgan fingerprint density at radius 1 is 1.02 bits per heavy atom. The van der Waals surface area contributed by atoms with Crippen LogP contribution >= 0.6 is 0 Å². The Morgan fingerprint density at radius 2 is 1.70 bits per heavy atom. The van der Waals surface area contributed by atoms with Crippen molar-refractivity contribution in [1.82, 2.24) is 15.2 Å². The number of rotatable bonds is 6. The predicted octanol–water partition coefficient (Wildman–Crippen LogP) is 6.53. The number of hydrogen-bond donors (Lipinski definition) is 2. The van der Waals surface area contributed by atoms with Crippen LogP contribution in [0.4, 0.5) is 0 Å². The second-order valence-electron chi connectivity index (χ2n) is 13.1. The third kappa shape index (κ3) is 4.24. The molecule has 2 atom stereocenters. The van der Waals surface area contributed by atoms with Crippen LogP contribution in [0.1, 0.15) is 97.9 Å². The number of aromatic nitrogens is 1. The van der Waals surface area contributed by atoms with E-state index in [2.05, 4.69) is 41.3 Å². The second kappa shape index (κ2) is 9.84. The van der Waals surface area contributed by atoms with E-state index in [-0.39, 0.29) is 29.4 Å². The van der Waals surface area contributed by atoms with Crippen LogP contribution in [0.25, 0.3) is 10.9 Å². The maximum absolute atomic E-state index is 13.5. The minimum atomic E-state index is -0.318. The van der Waals surface area contributed by atoms with Crippen LogP contribution < -0.4 is 5.32 Å². The molecule has 40 heavy (non-hydrogen) atoms. The number of aromatic amines is 1. The smallest absolute Gasteiger partial charge is 0.299 e. The Kier molecular flexibility index (Phi) is 6.26. The van der Waals surface area contributed by atoms with Crippen molar-refractivity contribution < 1.29 is 9.59 Å². The number of nitrogens with zero attached hydrogens (tertiary/aromatic N) is 1. The van der Waals surface area contributed by atoms with E-state index in [0.717, 1.165) is 79.5 Å². The average Bonchev–Trinajstić information content (AvgIpc) is 3.32. The van der Waals surface area contributed by atoms with Gasteiger partial charge in [0.25, 0.3) is 11.8 Å². The van der Waals surface area contributed by atoms with Crippen LogP contribution in [0.15, 0.2) is 48.5 Å². The van der Waals surface area contributed by atoms with Gasteiger partial charge >= 0.3 is 0 Å². The van der Waals surface area contributed by atoms with Crippen molar-refractivity contribution in [3.8, 4) is 12.3 Å². The lowest BCUT2D eigenvalue weighted by Gasteiger charge is -2.56. The molecular weight excluding hydrogens is 494 g/mol. The van der Waals surface area contributed by atoms with Crippen molar-refractivity contribution in [3.63, 3.8) is 0 Å². The van der Waals surface area contributed by atoms with Gasteiger partial charge in [-0.1, -0.05) is 50.1 Å². The zero-order valence-corrected chi connectivity index (χ0v) is 23.4. The summed E-state index contributed by atoms with van der Waals surface area (Å²) in [6.07, 6.45) is 17.0. The summed E-state index contributed by atoms with van der Waals surface area (Å²) in [5.74, 6) is 4.52. The summed E-state index contributed by atoms with van der Waals surface area (Å²) >= 11 is 0. The number of para-hydroxylation sites is 1. The van der Waals surface area contributed by atoms with E-state index in [4.69, 9.17) is 6.42 Å². The number of nitrogens with one attached hydrogen (secondary N) is 2. The molecule has 3 aromatic rings. The molecule has 8 rings (SSSR count). The maximum Gasteiger partial charge on any atom is 0.299 e. The first-order chi connectivity index (χ1) is 19.5. The first-order valence-corrected chi connectivity index (χ1v) is 15.3. The Hall–Kier alpha value is -3.52. The Labute approximate surface area is 237 Å². The molecular formula is C35H39N3O2. The van der Waals surface area contributed by atoms with E-state index >= 15 is 0 Å². The molecule has 0 radical (unpaired) electrons. The average molecular weight is 534 g/mol. The highest BCUT2D eigenvalue weighted by molar-refractivity contribution is 5.96. The number of terminal acetylenes is 1. The van der Waals surface area contributed by atoms with E-state index in [1.165, 1.54) is 30.2 Å². The van der Waals surface area contributed by atoms with Gasteiger partial charge in [0, 0.05) is 33.7 Å². The molecule has 2 N–H and O–H groups in total. The number of benzene rings is 2. The van der Waals surface area contributed by atoms with E-state index in [9.17, 15) is 9.59 Å². The zero-order valence-electron chi connectivity index (χ0n) is 23.4. The quantitative estimate of drug-likeness (QED) is 0.354. The van der Waals surface area contributed by atoms with Gasteiger partial charge in [0.05, 0.1) is 6.04 Å². The highest BCUT2D eigenvalue weighted by atomic mass is 16.2. The van der Waals surface area contributed by atoms with Gasteiger partial charge in [-0.25, -0.2) is 0 Å². The van der Waals surface area contributed by atoms with Crippen molar-refractivity contribution >= 4 is 22.7 Å². The lowest BCUT2D eigenvalue weighted by atomic mass is 9.53. The molecule has 4 fully saturated rings. The highest BCUT2D eigenvalue weighted by Crippen LogP contribution is 2.55. The molecule has 0 spiro atoms. The second-order valence-corrected chi connectivity index (χ2v) is 13.1. The Bertz CT molecular complexity index is 1460. The van der Waals surface area contributed by atoms with Gasteiger partial charge in [-0.05, 0) is 104 Å². The van der Waals surface area contributed by atoms with Crippen LogP contribution in [-0.4, -0.2) is 33.3 Å². The number of carbonyl (C=O) groups excluding carboxylic acids is 2. The number of H-pyrrole nitrogens is 1. The summed E-state index contributed by atoms with van der Waals surface area (Å²) in [6, 6.07) is 16.0. The van der Waals surface area contributed by atoms with Crippen LogP contribution in [0.3, 0.4) is 0 Å². The minimum absolute atomic E-state index is 0.0182. The maximum atomic E-state index is 13.5. The van der Waals surface area contributed by atoms with Crippen molar-refractivity contribution in [2.24, 2.45) is 17.8 Å². The highest BCUT2D eigenvalue weighted by Gasteiger charge is 2.51. The molecule has 2 aromatic carbocycles. The molecule has 4 bridgehead atoms. The molecule has 2 heterocycles. The number of fused-ring (bicyclic) bond motifs is 3. The fourth-order valence-corrected chi connectivity index (χ4v) is 9.12. The first-order valence-electron chi connectivity index (χ1n) is 15.3. The molecule has 0 saturated heterocycles. The van der Waals surface area contributed by atoms with Gasteiger partial charge in [-0.2, -0.15) is 0 Å². The molecule has 5 aliphatic rings. The standard InChI is InChI=1S/C35H39N3O2/c1-3-5-8-27-18-29-28-9-6-7-10-30(28)36-32(29)33(38(27)31(39)4-2)25-11-13-26(14-12-25)34(40)37-35-19-22-15-23(20-35)17-24(16-22)21-35/h2,6-7,9-14,22-24,27,33,36H,3,5,8,15-21H2,1H3,(H,37,40)/t22?,23?,24?,27-,33-,35?/m0/s1. The van der Waals surface area contributed by atoms with Crippen LogP contribution in [0, 0.1) is 30.1 Å². The lowest BCUT2D eigenvalue weighted by molar-refractivity contribution is -0.130. The van der Waals surface area contributed by atoms with Crippen molar-refractivity contribution in [2.75, 3.05) is 0 Å². The Morgan fingerprint density at radius 3 is 2.35 bits per heavy atom. The molecule has 4 saturated carbocycles. The number of hydrogen-bond acceptors (Lipinski definition) is 2. The largest absolute Gasteiger partial charge is 0.356 e. The fourth-order valence-electron chi connectivity index (χ4n) is 9.12. The molecule has 206 valence electrons. The Balaban J connectivity index is 1.21. The summed E-state index contributed by atoms with van der Waals surface area (Å²) in [6.45, 7) is 2.18. The van der Waals surface area contributed by atoms with Gasteiger partial charge in [0.2, 0.25) is 0 Å². The molecule has 0 unspecified atom stereocenters. The van der Waals surface area contributed by atoms with Gasteiger partial charge < -0.3 is 15.2 Å². The third-order valence-electron chi connectivity index (χ3n) is 10.4. The van der Waals surface area contributed by atoms with Gasteiger partial charge in [0.15, 0.2) is 0 Å². The lowest BCUT2D eigenvalue weighted by Crippen LogP contribution is -2.59. The number of carbonyl (C=O) groups is 2. The van der Waals surface area contributed by atoms with Gasteiger partial charge in [-0.3, -0.25) is 9.59 Å². The summed E-state index contributed by atoms with van der Waals surface area (Å²) in [7, 11) is 0.